The van der Waals surface area contributed by atoms with Gasteiger partial charge in [-0.05, 0) is 43.7 Å². The predicted octanol–water partition coefficient (Wildman–Crippen LogP) is 3.35. The zero-order valence-corrected chi connectivity index (χ0v) is 14.6. The number of rotatable bonds is 4. The summed E-state index contributed by atoms with van der Waals surface area (Å²) in [6.45, 7) is 4.50. The molecular weight excluding hydrogens is 333 g/mol. The van der Waals surface area contributed by atoms with Crippen molar-refractivity contribution in [2.75, 3.05) is 0 Å². The zero-order chi connectivity index (χ0) is 18.3. The number of unbranched alkanes of at least 4 members (excludes halogenated alkanes) is 1. The summed E-state index contributed by atoms with van der Waals surface area (Å²) in [5.41, 5.74) is 1.71. The summed E-state index contributed by atoms with van der Waals surface area (Å²) in [5.74, 6) is 0.640. The van der Waals surface area contributed by atoms with E-state index in [1.165, 1.54) is 12.1 Å². The molecule has 0 unspecified atom stereocenters. The summed E-state index contributed by atoms with van der Waals surface area (Å²) in [5, 5.41) is 4.86. The molecule has 0 N–H and O–H groups in total. The molecule has 0 radical (unpaired) electrons. The van der Waals surface area contributed by atoms with Crippen LogP contribution in [-0.2, 0) is 6.54 Å². The Balaban J connectivity index is 2.11. The van der Waals surface area contributed by atoms with Gasteiger partial charge in [-0.15, -0.1) is 5.10 Å². The van der Waals surface area contributed by atoms with Crippen molar-refractivity contribution in [1.82, 2.24) is 24.1 Å². The fourth-order valence-electron chi connectivity index (χ4n) is 3.10. The van der Waals surface area contributed by atoms with Crippen LogP contribution < -0.4 is 5.56 Å². The third-order valence-electron chi connectivity index (χ3n) is 4.38. The van der Waals surface area contributed by atoms with Crippen LogP contribution in [0.2, 0.25) is 0 Å². The smallest absolute Gasteiger partial charge is 0.262 e. The fraction of sp³-hybridized carbons (Fsp3) is 0.263. The van der Waals surface area contributed by atoms with E-state index in [4.69, 9.17) is 0 Å². The number of pyridine rings is 1. The number of benzene rings is 1. The second-order valence-electron chi connectivity index (χ2n) is 6.27. The maximum Gasteiger partial charge on any atom is 0.262 e. The third-order valence-corrected chi connectivity index (χ3v) is 4.38. The molecule has 1 aromatic carbocycles. The Labute approximate surface area is 148 Å². The van der Waals surface area contributed by atoms with Gasteiger partial charge in [0.05, 0.1) is 16.6 Å². The van der Waals surface area contributed by atoms with Crippen molar-refractivity contribution in [1.29, 1.82) is 0 Å². The lowest BCUT2D eigenvalue weighted by molar-refractivity contribution is 0.616. The summed E-state index contributed by atoms with van der Waals surface area (Å²) in [6.07, 6.45) is 3.67. The average molecular weight is 351 g/mol. The molecule has 0 fully saturated rings. The lowest BCUT2D eigenvalue weighted by Gasteiger charge is -2.11. The SMILES string of the molecule is CCCCn1ccc2nc3nc(C)nn3c(-c3ccc(F)cc3)c2c1=O. The van der Waals surface area contributed by atoms with Gasteiger partial charge >= 0.3 is 0 Å². The summed E-state index contributed by atoms with van der Waals surface area (Å²) in [4.78, 5) is 21.9. The fourth-order valence-corrected chi connectivity index (χ4v) is 3.10. The minimum atomic E-state index is -0.335. The standard InChI is InChI=1S/C19H18FN5O/c1-3-4-10-24-11-9-15-16(18(24)26)17(13-5-7-14(20)8-6-13)25-19(22-15)21-12(2)23-25/h5-9,11H,3-4,10H2,1-2H3. The van der Waals surface area contributed by atoms with Crippen molar-refractivity contribution in [2.24, 2.45) is 0 Å². The number of aromatic nitrogens is 5. The van der Waals surface area contributed by atoms with Gasteiger partial charge in [0.15, 0.2) is 0 Å². The maximum atomic E-state index is 13.4. The maximum absolute atomic E-state index is 13.4. The second-order valence-corrected chi connectivity index (χ2v) is 6.27. The summed E-state index contributed by atoms with van der Waals surface area (Å²) < 4.78 is 16.7. The van der Waals surface area contributed by atoms with E-state index in [1.54, 1.807) is 34.3 Å². The molecule has 0 aliphatic heterocycles. The van der Waals surface area contributed by atoms with Crippen molar-refractivity contribution in [3.8, 4) is 11.3 Å². The largest absolute Gasteiger partial charge is 0.315 e. The van der Waals surface area contributed by atoms with Crippen molar-refractivity contribution in [3.05, 3.63) is 58.5 Å². The Morgan fingerprint density at radius 2 is 1.88 bits per heavy atom. The van der Waals surface area contributed by atoms with Crippen molar-refractivity contribution < 1.29 is 4.39 Å². The van der Waals surface area contributed by atoms with E-state index >= 15 is 0 Å². The molecule has 0 bridgehead atoms. The number of halogens is 1. The molecule has 7 heteroatoms. The number of fused-ring (bicyclic) bond motifs is 2. The molecule has 26 heavy (non-hydrogen) atoms. The number of hydrogen-bond acceptors (Lipinski definition) is 4. The van der Waals surface area contributed by atoms with Gasteiger partial charge in [-0.3, -0.25) is 4.79 Å². The zero-order valence-electron chi connectivity index (χ0n) is 14.6. The van der Waals surface area contributed by atoms with Crippen LogP contribution >= 0.6 is 0 Å². The molecule has 0 amide bonds. The molecule has 0 spiro atoms. The molecule has 3 aromatic heterocycles. The molecule has 4 aromatic rings. The molecule has 6 nitrogen and oxygen atoms in total. The van der Waals surface area contributed by atoms with E-state index in [9.17, 15) is 9.18 Å². The van der Waals surface area contributed by atoms with Gasteiger partial charge in [0, 0.05) is 18.3 Å². The highest BCUT2D eigenvalue weighted by atomic mass is 19.1. The van der Waals surface area contributed by atoms with Gasteiger partial charge in [-0.2, -0.15) is 9.50 Å². The first-order valence-corrected chi connectivity index (χ1v) is 8.61. The van der Waals surface area contributed by atoms with Crippen LogP contribution in [0.4, 0.5) is 4.39 Å². The van der Waals surface area contributed by atoms with Crippen LogP contribution in [-0.4, -0.2) is 24.1 Å². The lowest BCUT2D eigenvalue weighted by atomic mass is 10.1. The van der Waals surface area contributed by atoms with Crippen LogP contribution in [0.15, 0.2) is 41.3 Å². The third kappa shape index (κ3) is 2.65. The average Bonchev–Trinajstić information content (AvgIpc) is 3.00. The van der Waals surface area contributed by atoms with E-state index in [0.29, 0.717) is 40.3 Å². The van der Waals surface area contributed by atoms with Gasteiger partial charge in [-0.1, -0.05) is 13.3 Å². The first-order valence-electron chi connectivity index (χ1n) is 8.61. The van der Waals surface area contributed by atoms with E-state index in [0.717, 1.165) is 12.8 Å². The molecule has 4 rings (SSSR count). The van der Waals surface area contributed by atoms with Gasteiger partial charge in [-0.25, -0.2) is 9.37 Å². The highest BCUT2D eigenvalue weighted by Crippen LogP contribution is 2.26. The van der Waals surface area contributed by atoms with Gasteiger partial charge in [0.2, 0.25) is 0 Å². The highest BCUT2D eigenvalue weighted by molar-refractivity contribution is 5.93. The van der Waals surface area contributed by atoms with Crippen LogP contribution in [0.3, 0.4) is 0 Å². The summed E-state index contributed by atoms with van der Waals surface area (Å²) in [6, 6.07) is 7.85. The van der Waals surface area contributed by atoms with Gasteiger partial charge in [0.25, 0.3) is 11.3 Å². The molecule has 0 aliphatic rings. The number of aryl methyl sites for hydroxylation is 2. The molecule has 132 valence electrons. The number of nitrogens with zero attached hydrogens (tertiary/aromatic N) is 5. The molecule has 0 saturated heterocycles. The van der Waals surface area contributed by atoms with Crippen molar-refractivity contribution in [3.63, 3.8) is 0 Å². The minimum Gasteiger partial charge on any atom is -0.315 e. The Hall–Kier alpha value is -3.09. The molecule has 0 aliphatic carbocycles. The Bertz CT molecular complexity index is 1160. The van der Waals surface area contributed by atoms with Gasteiger partial charge in [0.1, 0.15) is 11.6 Å². The van der Waals surface area contributed by atoms with Crippen molar-refractivity contribution in [2.45, 2.75) is 33.2 Å². The summed E-state index contributed by atoms with van der Waals surface area (Å²) >= 11 is 0. The predicted molar refractivity (Wildman–Crippen MR) is 97.6 cm³/mol. The van der Waals surface area contributed by atoms with E-state index in [-0.39, 0.29) is 11.4 Å². The normalized spacial score (nSPS) is 11.5. The molecule has 0 saturated carbocycles. The van der Waals surface area contributed by atoms with Crippen LogP contribution in [0, 0.1) is 12.7 Å². The highest BCUT2D eigenvalue weighted by Gasteiger charge is 2.18. The molecule has 3 heterocycles. The van der Waals surface area contributed by atoms with E-state index < -0.39 is 0 Å². The Morgan fingerprint density at radius 1 is 1.12 bits per heavy atom. The lowest BCUT2D eigenvalue weighted by Crippen LogP contribution is -2.21. The first-order chi connectivity index (χ1) is 12.6. The van der Waals surface area contributed by atoms with Gasteiger partial charge < -0.3 is 4.57 Å². The quantitative estimate of drug-likeness (QED) is 0.565. The van der Waals surface area contributed by atoms with E-state index in [2.05, 4.69) is 22.0 Å². The summed E-state index contributed by atoms with van der Waals surface area (Å²) in [7, 11) is 0. The minimum absolute atomic E-state index is 0.127. The first kappa shape index (κ1) is 16.4. The van der Waals surface area contributed by atoms with Crippen molar-refractivity contribution >= 4 is 16.7 Å². The number of hydrogen-bond donors (Lipinski definition) is 0. The Kier molecular flexibility index (Phi) is 3.99. The topological polar surface area (TPSA) is 65.1 Å². The van der Waals surface area contributed by atoms with Crippen LogP contribution in [0.5, 0.6) is 0 Å². The Morgan fingerprint density at radius 3 is 2.62 bits per heavy atom. The second kappa shape index (κ2) is 6.33. The van der Waals surface area contributed by atoms with Crippen LogP contribution in [0.25, 0.3) is 27.9 Å². The molecular formula is C19H18FN5O. The van der Waals surface area contributed by atoms with E-state index in [1.807, 2.05) is 6.07 Å². The molecule has 0 atom stereocenters. The van der Waals surface area contributed by atoms with Crippen LogP contribution in [0.1, 0.15) is 25.6 Å². The monoisotopic (exact) mass is 351 g/mol.